The normalized spacial score (nSPS) is 26.5. The van der Waals surface area contributed by atoms with Crippen LogP contribution in [0, 0.1) is 16.7 Å². The molecule has 198 valence electrons. The molecule has 37 heavy (non-hydrogen) atoms. The zero-order chi connectivity index (χ0) is 26.6. The molecule has 2 fully saturated rings. The summed E-state index contributed by atoms with van der Waals surface area (Å²) in [5.74, 6) is -0.533. The summed E-state index contributed by atoms with van der Waals surface area (Å²) in [6.07, 6.45) is 0.713. The Balaban J connectivity index is 1.73. The fourth-order valence-electron chi connectivity index (χ4n) is 5.84. The van der Waals surface area contributed by atoms with Crippen molar-refractivity contribution in [3.8, 4) is 6.07 Å². The van der Waals surface area contributed by atoms with Crippen molar-refractivity contribution in [2.75, 3.05) is 39.3 Å². The van der Waals surface area contributed by atoms with Crippen LogP contribution in [0.25, 0.3) is 0 Å². The van der Waals surface area contributed by atoms with Gasteiger partial charge >= 0.3 is 0 Å². The lowest BCUT2D eigenvalue weighted by molar-refractivity contribution is -0.123. The van der Waals surface area contributed by atoms with Crippen LogP contribution in [0.4, 0.5) is 0 Å². The molecule has 2 aliphatic rings. The van der Waals surface area contributed by atoms with Crippen LogP contribution in [0.5, 0.6) is 0 Å². The first-order valence-corrected chi connectivity index (χ1v) is 13.8. The molecule has 0 saturated carbocycles. The maximum Gasteiger partial charge on any atom is 0.237 e. The second kappa shape index (κ2) is 11.7. The summed E-state index contributed by atoms with van der Waals surface area (Å²) < 4.78 is 0. The molecule has 2 heterocycles. The van der Waals surface area contributed by atoms with Crippen molar-refractivity contribution in [2.45, 2.75) is 50.6 Å². The number of hydrogen-bond acceptors (Lipinski definition) is 5. The number of nitrogens with one attached hydrogen (secondary N) is 3. The predicted molar refractivity (Wildman–Crippen MR) is 150 cm³/mol. The van der Waals surface area contributed by atoms with Crippen molar-refractivity contribution >= 4 is 29.1 Å². The molecule has 2 aliphatic heterocycles. The van der Waals surface area contributed by atoms with Gasteiger partial charge in [-0.1, -0.05) is 68.2 Å². The zero-order valence-corrected chi connectivity index (χ0v) is 23.4. The second-order valence-corrected chi connectivity index (χ2v) is 12.2. The Labute approximate surface area is 230 Å². The SMILES string of the molecule is CC(C)(C)C[C@@H]1N[C@@H](C(=O)NCCN2CCNCC2)[C@H](c2cccc(Cl)c2)[C@@]1(C#N)c1ccc(Cl)cc1. The lowest BCUT2D eigenvalue weighted by Gasteiger charge is -2.37. The number of piperazine rings is 1. The Kier molecular flexibility index (Phi) is 8.83. The van der Waals surface area contributed by atoms with Crippen LogP contribution >= 0.6 is 23.2 Å². The van der Waals surface area contributed by atoms with E-state index in [0.29, 0.717) is 23.0 Å². The third kappa shape index (κ3) is 6.30. The lowest BCUT2D eigenvalue weighted by Crippen LogP contribution is -2.49. The highest BCUT2D eigenvalue weighted by atomic mass is 35.5. The summed E-state index contributed by atoms with van der Waals surface area (Å²) in [7, 11) is 0. The lowest BCUT2D eigenvalue weighted by atomic mass is 9.63. The summed E-state index contributed by atoms with van der Waals surface area (Å²) >= 11 is 12.7. The van der Waals surface area contributed by atoms with Crippen LogP contribution in [-0.4, -0.2) is 62.2 Å². The standard InChI is InChI=1S/C29H37Cl2N5O/c1-28(2,3)18-24-29(19-32,21-7-9-22(30)10-8-21)25(20-5-4-6-23(31)17-20)26(35-24)27(37)34-13-16-36-14-11-33-12-15-36/h4-10,17,24-26,33,35H,11-16,18H2,1-3H3,(H,34,37)/t24-,25-,26+,29-/m0/s1. The molecule has 2 aromatic rings. The summed E-state index contributed by atoms with van der Waals surface area (Å²) in [6.45, 7) is 11.7. The molecule has 0 unspecified atom stereocenters. The van der Waals surface area contributed by atoms with Crippen molar-refractivity contribution in [2.24, 2.45) is 5.41 Å². The number of carbonyl (C=O) groups is 1. The fraction of sp³-hybridized carbons (Fsp3) is 0.517. The molecule has 6 nitrogen and oxygen atoms in total. The van der Waals surface area contributed by atoms with Gasteiger partial charge in [-0.2, -0.15) is 5.26 Å². The van der Waals surface area contributed by atoms with Gasteiger partial charge in [-0.3, -0.25) is 9.69 Å². The zero-order valence-electron chi connectivity index (χ0n) is 21.9. The van der Waals surface area contributed by atoms with Gasteiger partial charge in [-0.25, -0.2) is 0 Å². The minimum absolute atomic E-state index is 0.0707. The molecule has 0 spiro atoms. The number of amides is 1. The van der Waals surface area contributed by atoms with Crippen LogP contribution in [0.3, 0.4) is 0 Å². The first kappa shape index (κ1) is 27.9. The maximum absolute atomic E-state index is 13.8. The first-order chi connectivity index (χ1) is 17.6. The Morgan fingerprint density at radius 1 is 1.14 bits per heavy atom. The number of halogens is 2. The fourth-order valence-corrected chi connectivity index (χ4v) is 6.16. The van der Waals surface area contributed by atoms with Crippen LogP contribution in [0.2, 0.25) is 10.0 Å². The topological polar surface area (TPSA) is 80.2 Å². The van der Waals surface area contributed by atoms with Crippen LogP contribution in [0.1, 0.15) is 44.2 Å². The highest BCUT2D eigenvalue weighted by Gasteiger charge is 2.59. The molecule has 0 aromatic heterocycles. The first-order valence-electron chi connectivity index (χ1n) is 13.0. The number of benzene rings is 2. The summed E-state index contributed by atoms with van der Waals surface area (Å²) in [6, 6.07) is 16.9. The smallest absolute Gasteiger partial charge is 0.237 e. The van der Waals surface area contributed by atoms with E-state index < -0.39 is 17.4 Å². The van der Waals surface area contributed by atoms with Gasteiger partial charge in [0.2, 0.25) is 5.91 Å². The van der Waals surface area contributed by atoms with E-state index in [1.807, 2.05) is 48.5 Å². The van der Waals surface area contributed by atoms with Gasteiger partial charge in [0.05, 0.1) is 12.1 Å². The molecule has 0 radical (unpaired) electrons. The third-order valence-corrected chi connectivity index (χ3v) is 7.99. The van der Waals surface area contributed by atoms with Gasteiger partial charge < -0.3 is 16.0 Å². The molecule has 4 rings (SSSR count). The molecule has 0 bridgehead atoms. The van der Waals surface area contributed by atoms with Crippen molar-refractivity contribution < 1.29 is 4.79 Å². The summed E-state index contributed by atoms with van der Waals surface area (Å²) in [4.78, 5) is 16.1. The van der Waals surface area contributed by atoms with Gasteiger partial charge in [0.1, 0.15) is 5.41 Å². The Hall–Kier alpha value is -2.14. The van der Waals surface area contributed by atoms with E-state index in [2.05, 4.69) is 47.7 Å². The number of rotatable bonds is 7. The predicted octanol–water partition coefficient (Wildman–Crippen LogP) is 4.34. The monoisotopic (exact) mass is 541 g/mol. The van der Waals surface area contributed by atoms with E-state index in [4.69, 9.17) is 23.2 Å². The molecule has 3 N–H and O–H groups in total. The Bertz CT molecular complexity index is 1120. The van der Waals surface area contributed by atoms with Gasteiger partial charge in [0.15, 0.2) is 0 Å². The van der Waals surface area contributed by atoms with Crippen molar-refractivity contribution in [1.29, 1.82) is 5.26 Å². The molecule has 2 aromatic carbocycles. The quantitative estimate of drug-likeness (QED) is 0.485. The molecular formula is C29H37Cl2N5O. The minimum atomic E-state index is -0.997. The van der Waals surface area contributed by atoms with Crippen LogP contribution in [0.15, 0.2) is 48.5 Å². The average Bonchev–Trinajstić information content (AvgIpc) is 3.18. The Morgan fingerprint density at radius 3 is 2.46 bits per heavy atom. The molecule has 0 aliphatic carbocycles. The number of carbonyl (C=O) groups excluding carboxylic acids is 1. The van der Waals surface area contributed by atoms with E-state index in [0.717, 1.165) is 43.9 Å². The van der Waals surface area contributed by atoms with Crippen molar-refractivity contribution in [1.82, 2.24) is 20.9 Å². The van der Waals surface area contributed by atoms with E-state index >= 15 is 0 Å². The van der Waals surface area contributed by atoms with E-state index in [1.54, 1.807) is 0 Å². The highest BCUT2D eigenvalue weighted by Crippen LogP contribution is 2.51. The van der Waals surface area contributed by atoms with Gasteiger partial charge in [0, 0.05) is 61.3 Å². The molecule has 2 saturated heterocycles. The van der Waals surface area contributed by atoms with E-state index in [-0.39, 0.29) is 17.4 Å². The molecule has 1 amide bonds. The third-order valence-electron chi connectivity index (χ3n) is 7.50. The number of nitrogens with zero attached hydrogens (tertiary/aromatic N) is 2. The molecule has 4 atom stereocenters. The van der Waals surface area contributed by atoms with Crippen LogP contribution < -0.4 is 16.0 Å². The second-order valence-electron chi connectivity index (χ2n) is 11.4. The van der Waals surface area contributed by atoms with E-state index in [1.165, 1.54) is 0 Å². The van der Waals surface area contributed by atoms with Gasteiger partial charge in [-0.05, 0) is 47.2 Å². The van der Waals surface area contributed by atoms with Gasteiger partial charge in [0.25, 0.3) is 0 Å². The summed E-state index contributed by atoms with van der Waals surface area (Å²) in [5, 5.41) is 22.3. The average molecular weight is 543 g/mol. The van der Waals surface area contributed by atoms with Crippen molar-refractivity contribution in [3.05, 3.63) is 69.7 Å². The highest BCUT2D eigenvalue weighted by molar-refractivity contribution is 6.30. The van der Waals surface area contributed by atoms with Gasteiger partial charge in [-0.15, -0.1) is 0 Å². The molecule has 8 heteroatoms. The maximum atomic E-state index is 13.8. The molecular weight excluding hydrogens is 505 g/mol. The van der Waals surface area contributed by atoms with E-state index in [9.17, 15) is 10.1 Å². The van der Waals surface area contributed by atoms with Crippen LogP contribution in [-0.2, 0) is 10.2 Å². The number of nitriles is 1. The number of hydrogen-bond donors (Lipinski definition) is 3. The van der Waals surface area contributed by atoms with Crippen molar-refractivity contribution in [3.63, 3.8) is 0 Å². The Morgan fingerprint density at radius 2 is 1.84 bits per heavy atom. The summed E-state index contributed by atoms with van der Waals surface area (Å²) in [5.41, 5.74) is 0.652. The minimum Gasteiger partial charge on any atom is -0.353 e. The largest absolute Gasteiger partial charge is 0.353 e.